The first-order chi connectivity index (χ1) is 9.20. The number of hydrogen-bond acceptors (Lipinski definition) is 5. The minimum absolute atomic E-state index is 0.0460. The summed E-state index contributed by atoms with van der Waals surface area (Å²) in [6, 6.07) is 1.59. The average molecular weight is 284 g/mol. The van der Waals surface area contributed by atoms with Crippen LogP contribution in [0.1, 0.15) is 16.8 Å². The summed E-state index contributed by atoms with van der Waals surface area (Å²) < 4.78 is 37.9. The number of hydrogen-bond donors (Lipinski definition) is 2. The highest BCUT2D eigenvalue weighted by molar-refractivity contribution is 5.72. The van der Waals surface area contributed by atoms with Gasteiger partial charge in [-0.2, -0.15) is 13.2 Å². The van der Waals surface area contributed by atoms with Crippen LogP contribution in [0.2, 0.25) is 0 Å². The predicted octanol–water partition coefficient (Wildman–Crippen LogP) is 2.46. The van der Waals surface area contributed by atoms with Crippen LogP contribution in [0.5, 0.6) is 5.75 Å². The Morgan fingerprint density at radius 1 is 1.15 bits per heavy atom. The van der Waals surface area contributed by atoms with Gasteiger partial charge in [0.05, 0.1) is 11.3 Å². The number of nitrogens with zero attached hydrogens (tertiary/aromatic N) is 3. The van der Waals surface area contributed by atoms with Gasteiger partial charge in [0, 0.05) is 5.56 Å². The summed E-state index contributed by atoms with van der Waals surface area (Å²) in [4.78, 5) is 3.87. The van der Waals surface area contributed by atoms with Gasteiger partial charge in [0.1, 0.15) is 11.4 Å². The molecule has 1 heterocycles. The molecular weight excluding hydrogens is 273 g/mol. The molecule has 0 spiro atoms. The van der Waals surface area contributed by atoms with Crippen molar-refractivity contribution in [3.8, 4) is 17.0 Å². The fraction of sp³-hybridized carbons (Fsp3) is 0.250. The van der Waals surface area contributed by atoms with Crippen molar-refractivity contribution in [2.24, 2.45) is 0 Å². The van der Waals surface area contributed by atoms with Crippen molar-refractivity contribution in [2.45, 2.75) is 20.0 Å². The Bertz CT molecular complexity index is 647. The van der Waals surface area contributed by atoms with Crippen LogP contribution in [0.15, 0.2) is 12.1 Å². The zero-order chi connectivity index (χ0) is 15.1. The number of halogens is 3. The first kappa shape index (κ1) is 14.0. The number of benzene rings is 1. The standard InChI is InChI=1S/C12H11F3N4O/c1-5-3-7(12(13,14)15)4-8(20)9(5)10-6(2)17-11(16)19-18-10/h3-4,20H,1-2H3,(H2,16,17,19). The van der Waals surface area contributed by atoms with Gasteiger partial charge in [-0.05, 0) is 31.5 Å². The molecule has 0 aliphatic carbocycles. The Labute approximate surface area is 112 Å². The Hall–Kier alpha value is -2.38. The maximum Gasteiger partial charge on any atom is 0.416 e. The lowest BCUT2D eigenvalue weighted by atomic mass is 10.00. The molecule has 5 nitrogen and oxygen atoms in total. The third kappa shape index (κ3) is 2.49. The number of phenolic OH excluding ortho intramolecular Hbond substituents is 1. The zero-order valence-electron chi connectivity index (χ0n) is 10.7. The van der Waals surface area contributed by atoms with Crippen molar-refractivity contribution in [3.63, 3.8) is 0 Å². The number of aryl methyl sites for hydroxylation is 2. The van der Waals surface area contributed by atoms with E-state index >= 15 is 0 Å². The van der Waals surface area contributed by atoms with Gasteiger partial charge in [-0.3, -0.25) is 0 Å². The molecule has 0 saturated heterocycles. The molecule has 8 heteroatoms. The lowest BCUT2D eigenvalue weighted by molar-refractivity contribution is -0.137. The summed E-state index contributed by atoms with van der Waals surface area (Å²) in [6.45, 7) is 3.03. The van der Waals surface area contributed by atoms with Crippen LogP contribution >= 0.6 is 0 Å². The van der Waals surface area contributed by atoms with E-state index in [-0.39, 0.29) is 22.8 Å². The van der Waals surface area contributed by atoms with E-state index in [1.54, 1.807) is 6.92 Å². The first-order valence-corrected chi connectivity index (χ1v) is 5.58. The van der Waals surface area contributed by atoms with Crippen LogP contribution < -0.4 is 5.73 Å². The monoisotopic (exact) mass is 284 g/mol. The summed E-state index contributed by atoms with van der Waals surface area (Å²) in [5.41, 5.74) is 5.40. The molecular formula is C12H11F3N4O. The molecule has 0 amide bonds. The second kappa shape index (κ2) is 4.62. The van der Waals surface area contributed by atoms with Gasteiger partial charge in [0.2, 0.25) is 5.95 Å². The molecule has 0 fully saturated rings. The molecule has 0 radical (unpaired) electrons. The van der Waals surface area contributed by atoms with Crippen molar-refractivity contribution < 1.29 is 18.3 Å². The largest absolute Gasteiger partial charge is 0.507 e. The second-order valence-corrected chi connectivity index (χ2v) is 4.29. The van der Waals surface area contributed by atoms with E-state index in [4.69, 9.17) is 5.73 Å². The Morgan fingerprint density at radius 3 is 2.30 bits per heavy atom. The van der Waals surface area contributed by atoms with Crippen molar-refractivity contribution in [1.82, 2.24) is 15.2 Å². The number of aromatic hydroxyl groups is 1. The molecule has 0 bridgehead atoms. The normalized spacial score (nSPS) is 11.7. The second-order valence-electron chi connectivity index (χ2n) is 4.29. The zero-order valence-corrected chi connectivity index (χ0v) is 10.7. The fourth-order valence-electron chi connectivity index (χ4n) is 1.89. The highest BCUT2D eigenvalue weighted by Crippen LogP contribution is 2.38. The summed E-state index contributed by atoms with van der Waals surface area (Å²) in [5, 5.41) is 17.2. The van der Waals surface area contributed by atoms with Gasteiger partial charge in [-0.25, -0.2) is 4.98 Å². The Balaban J connectivity index is 2.64. The van der Waals surface area contributed by atoms with E-state index < -0.39 is 17.5 Å². The first-order valence-electron chi connectivity index (χ1n) is 5.58. The number of nitrogen functional groups attached to an aromatic ring is 1. The summed E-state index contributed by atoms with van der Waals surface area (Å²) in [7, 11) is 0. The minimum Gasteiger partial charge on any atom is -0.507 e. The van der Waals surface area contributed by atoms with Gasteiger partial charge in [-0.15, -0.1) is 10.2 Å². The quantitative estimate of drug-likeness (QED) is 0.840. The van der Waals surface area contributed by atoms with Gasteiger partial charge in [0.25, 0.3) is 0 Å². The molecule has 3 N–H and O–H groups in total. The maximum absolute atomic E-state index is 12.6. The summed E-state index contributed by atoms with van der Waals surface area (Å²) >= 11 is 0. The molecule has 0 saturated carbocycles. The smallest absolute Gasteiger partial charge is 0.416 e. The van der Waals surface area contributed by atoms with Crippen molar-refractivity contribution in [2.75, 3.05) is 5.73 Å². The highest BCUT2D eigenvalue weighted by Gasteiger charge is 2.32. The van der Waals surface area contributed by atoms with E-state index in [0.29, 0.717) is 11.8 Å². The number of nitrogens with two attached hydrogens (primary N) is 1. The number of alkyl halides is 3. The van der Waals surface area contributed by atoms with E-state index in [1.165, 1.54) is 6.92 Å². The molecule has 1 aromatic heterocycles. The van der Waals surface area contributed by atoms with Crippen LogP contribution in [0, 0.1) is 13.8 Å². The minimum atomic E-state index is -4.53. The van der Waals surface area contributed by atoms with Gasteiger partial charge in [0.15, 0.2) is 0 Å². The van der Waals surface area contributed by atoms with E-state index in [1.807, 2.05) is 0 Å². The molecule has 2 aromatic rings. The molecule has 2 rings (SSSR count). The number of rotatable bonds is 1. The Morgan fingerprint density at radius 2 is 1.80 bits per heavy atom. The summed E-state index contributed by atoms with van der Waals surface area (Å²) in [6.07, 6.45) is -4.53. The lowest BCUT2D eigenvalue weighted by Crippen LogP contribution is -2.07. The van der Waals surface area contributed by atoms with Crippen LogP contribution in [0.4, 0.5) is 19.1 Å². The van der Waals surface area contributed by atoms with E-state index in [0.717, 1.165) is 6.07 Å². The van der Waals surface area contributed by atoms with Crippen LogP contribution in [0.3, 0.4) is 0 Å². The topological polar surface area (TPSA) is 84.9 Å². The van der Waals surface area contributed by atoms with E-state index in [9.17, 15) is 18.3 Å². The molecule has 0 unspecified atom stereocenters. The van der Waals surface area contributed by atoms with E-state index in [2.05, 4.69) is 15.2 Å². The SMILES string of the molecule is Cc1cc(C(F)(F)F)cc(O)c1-c1nnc(N)nc1C. The highest BCUT2D eigenvalue weighted by atomic mass is 19.4. The Kier molecular flexibility index (Phi) is 3.24. The molecule has 106 valence electrons. The van der Waals surface area contributed by atoms with Crippen molar-refractivity contribution in [3.05, 3.63) is 29.0 Å². The summed E-state index contributed by atoms with van der Waals surface area (Å²) in [5.74, 6) is -0.573. The maximum atomic E-state index is 12.6. The van der Waals surface area contributed by atoms with Crippen molar-refractivity contribution >= 4 is 5.95 Å². The van der Waals surface area contributed by atoms with Crippen LogP contribution in [0.25, 0.3) is 11.3 Å². The van der Waals surface area contributed by atoms with Gasteiger partial charge in [-0.1, -0.05) is 0 Å². The fourth-order valence-corrected chi connectivity index (χ4v) is 1.89. The third-order valence-electron chi connectivity index (χ3n) is 2.76. The van der Waals surface area contributed by atoms with Crippen molar-refractivity contribution in [1.29, 1.82) is 0 Å². The van der Waals surface area contributed by atoms with Gasteiger partial charge < -0.3 is 10.8 Å². The van der Waals surface area contributed by atoms with Gasteiger partial charge >= 0.3 is 6.18 Å². The number of phenols is 1. The lowest BCUT2D eigenvalue weighted by Gasteiger charge is -2.13. The van der Waals surface area contributed by atoms with Crippen LogP contribution in [-0.4, -0.2) is 20.3 Å². The molecule has 0 aliphatic rings. The number of aromatic nitrogens is 3. The predicted molar refractivity (Wildman–Crippen MR) is 65.8 cm³/mol. The molecule has 0 atom stereocenters. The average Bonchev–Trinajstić information content (AvgIpc) is 2.29. The number of anilines is 1. The molecule has 20 heavy (non-hydrogen) atoms. The third-order valence-corrected chi connectivity index (χ3v) is 2.76. The molecule has 0 aliphatic heterocycles. The van der Waals surface area contributed by atoms with Crippen LogP contribution in [-0.2, 0) is 6.18 Å². The molecule has 1 aromatic carbocycles.